The van der Waals surface area contributed by atoms with Crippen LogP contribution in [0.25, 0.3) is 0 Å². The van der Waals surface area contributed by atoms with E-state index in [1.54, 1.807) is 31.4 Å². The molecule has 4 bridgehead atoms. The summed E-state index contributed by atoms with van der Waals surface area (Å²) in [7, 11) is 1.58. The highest BCUT2D eigenvalue weighted by atomic mass is 16.5. The molecule has 4 saturated carbocycles. The number of hydrogen-bond donors (Lipinski definition) is 1. The Kier molecular flexibility index (Phi) is 3.86. The number of nitrogens with one attached hydrogen (secondary N) is 1. The second kappa shape index (κ2) is 5.91. The Labute approximate surface area is 143 Å². The molecule has 1 N–H and O–H groups in total. The molecule has 0 atom stereocenters. The molecule has 1 aromatic rings. The van der Waals surface area contributed by atoms with Crippen molar-refractivity contribution in [1.82, 2.24) is 5.32 Å². The number of carbonyl (C=O) groups is 2. The number of benzene rings is 1. The first-order valence-corrected chi connectivity index (χ1v) is 9.03. The van der Waals surface area contributed by atoms with Gasteiger partial charge in [-0.1, -0.05) is 0 Å². The molecule has 0 aliphatic heterocycles. The zero-order valence-corrected chi connectivity index (χ0v) is 14.2. The monoisotopic (exact) mass is 327 g/mol. The molecule has 4 aliphatic rings. The minimum absolute atomic E-state index is 0.255. The molecule has 0 aromatic heterocycles. The van der Waals surface area contributed by atoms with E-state index in [0.717, 1.165) is 17.8 Å². The van der Waals surface area contributed by atoms with E-state index in [1.165, 1.54) is 38.5 Å². The highest BCUT2D eigenvalue weighted by Gasteiger charge is 2.50. The van der Waals surface area contributed by atoms with E-state index in [1.807, 2.05) is 0 Å². The van der Waals surface area contributed by atoms with Crippen LogP contribution in [0.5, 0.6) is 5.75 Å². The van der Waals surface area contributed by atoms with Crippen molar-refractivity contribution in [2.45, 2.75) is 38.5 Å². The number of amides is 1. The minimum atomic E-state index is -0.476. The SMILES string of the molecule is COc1ccc(C(=O)C(=O)NCC23CC4CC(CC(C4)C2)C3)cc1. The van der Waals surface area contributed by atoms with Crippen LogP contribution in [0.15, 0.2) is 24.3 Å². The van der Waals surface area contributed by atoms with Crippen LogP contribution in [-0.2, 0) is 4.79 Å². The van der Waals surface area contributed by atoms with Crippen LogP contribution in [0, 0.1) is 23.2 Å². The van der Waals surface area contributed by atoms with Gasteiger partial charge in [0, 0.05) is 12.1 Å². The minimum Gasteiger partial charge on any atom is -0.497 e. The molecule has 4 nitrogen and oxygen atoms in total. The fraction of sp³-hybridized carbons (Fsp3) is 0.600. The number of rotatable bonds is 5. The van der Waals surface area contributed by atoms with Gasteiger partial charge in [-0.3, -0.25) is 9.59 Å². The van der Waals surface area contributed by atoms with Crippen LogP contribution >= 0.6 is 0 Å². The molecule has 0 saturated heterocycles. The number of methoxy groups -OCH3 is 1. The molecule has 5 rings (SSSR count). The number of carbonyl (C=O) groups excluding carboxylic acids is 2. The van der Waals surface area contributed by atoms with Crippen molar-refractivity contribution in [3.05, 3.63) is 29.8 Å². The van der Waals surface area contributed by atoms with Gasteiger partial charge < -0.3 is 10.1 Å². The molecule has 1 aromatic carbocycles. The third kappa shape index (κ3) is 2.83. The maximum Gasteiger partial charge on any atom is 0.292 e. The summed E-state index contributed by atoms with van der Waals surface area (Å²) in [5.41, 5.74) is 0.670. The molecule has 4 heteroatoms. The van der Waals surface area contributed by atoms with Crippen LogP contribution < -0.4 is 10.1 Å². The molecule has 0 radical (unpaired) electrons. The van der Waals surface area contributed by atoms with Crippen molar-refractivity contribution in [3.63, 3.8) is 0 Å². The van der Waals surface area contributed by atoms with E-state index in [-0.39, 0.29) is 5.41 Å². The van der Waals surface area contributed by atoms with Gasteiger partial charge in [0.1, 0.15) is 5.75 Å². The van der Waals surface area contributed by atoms with Gasteiger partial charge in [-0.15, -0.1) is 0 Å². The first-order chi connectivity index (χ1) is 11.6. The fourth-order valence-electron chi connectivity index (χ4n) is 5.73. The first-order valence-electron chi connectivity index (χ1n) is 9.03. The summed E-state index contributed by atoms with van der Waals surface area (Å²) in [6.07, 6.45) is 7.86. The van der Waals surface area contributed by atoms with Crippen LogP contribution in [0.2, 0.25) is 0 Å². The zero-order valence-electron chi connectivity index (χ0n) is 14.2. The summed E-state index contributed by atoms with van der Waals surface area (Å²) in [5, 5.41) is 2.95. The normalized spacial score (nSPS) is 33.3. The van der Waals surface area contributed by atoms with Gasteiger partial charge in [-0.05, 0) is 86.0 Å². The quantitative estimate of drug-likeness (QED) is 0.667. The Bertz CT molecular complexity index is 614. The lowest BCUT2D eigenvalue weighted by atomic mass is 9.49. The van der Waals surface area contributed by atoms with Crippen LogP contribution in [0.1, 0.15) is 48.9 Å². The zero-order chi connectivity index (χ0) is 16.7. The summed E-state index contributed by atoms with van der Waals surface area (Å²) in [6.45, 7) is 0.664. The molecule has 0 unspecified atom stereocenters. The van der Waals surface area contributed by atoms with Gasteiger partial charge in [0.15, 0.2) is 0 Å². The van der Waals surface area contributed by atoms with Gasteiger partial charge in [0.2, 0.25) is 5.78 Å². The molecular formula is C20H25NO3. The number of Topliss-reactive ketones (excluding diaryl/α,β-unsaturated/α-hetero) is 1. The third-order valence-corrected chi connectivity index (χ3v) is 6.35. The highest BCUT2D eigenvalue weighted by Crippen LogP contribution is 2.59. The first kappa shape index (κ1) is 15.7. The Morgan fingerprint density at radius 2 is 1.58 bits per heavy atom. The highest BCUT2D eigenvalue weighted by molar-refractivity contribution is 6.42. The van der Waals surface area contributed by atoms with Gasteiger partial charge in [-0.25, -0.2) is 0 Å². The molecule has 4 aliphatic carbocycles. The van der Waals surface area contributed by atoms with E-state index < -0.39 is 11.7 Å². The average molecular weight is 327 g/mol. The van der Waals surface area contributed by atoms with E-state index in [4.69, 9.17) is 4.74 Å². The standard InChI is InChI=1S/C20H25NO3/c1-24-17-4-2-16(3-5-17)18(22)19(23)21-12-20-9-13-6-14(10-20)8-15(7-13)11-20/h2-5,13-15H,6-12H2,1H3,(H,21,23). The maximum absolute atomic E-state index is 12.3. The Balaban J connectivity index is 1.38. The molecule has 24 heavy (non-hydrogen) atoms. The fourth-order valence-corrected chi connectivity index (χ4v) is 5.73. The molecule has 4 fully saturated rings. The van der Waals surface area contributed by atoms with Crippen molar-refractivity contribution in [2.24, 2.45) is 23.2 Å². The predicted molar refractivity (Wildman–Crippen MR) is 90.9 cm³/mol. The Hall–Kier alpha value is -1.84. The number of hydrogen-bond acceptors (Lipinski definition) is 3. The maximum atomic E-state index is 12.3. The third-order valence-electron chi connectivity index (χ3n) is 6.35. The average Bonchev–Trinajstić information content (AvgIpc) is 2.58. The van der Waals surface area contributed by atoms with Crippen LogP contribution in [-0.4, -0.2) is 25.3 Å². The lowest BCUT2D eigenvalue weighted by Gasteiger charge is -2.56. The van der Waals surface area contributed by atoms with Crippen LogP contribution in [0.4, 0.5) is 0 Å². The number of ketones is 1. The molecule has 0 heterocycles. The lowest BCUT2D eigenvalue weighted by molar-refractivity contribution is -0.119. The molecule has 0 spiro atoms. The predicted octanol–water partition coefficient (Wildman–Crippen LogP) is 3.21. The van der Waals surface area contributed by atoms with Crippen molar-refractivity contribution in [3.8, 4) is 5.75 Å². The smallest absolute Gasteiger partial charge is 0.292 e. The summed E-state index contributed by atoms with van der Waals surface area (Å²) in [6, 6.07) is 6.70. The van der Waals surface area contributed by atoms with Crippen LogP contribution in [0.3, 0.4) is 0 Å². The van der Waals surface area contributed by atoms with E-state index in [9.17, 15) is 9.59 Å². The topological polar surface area (TPSA) is 55.4 Å². The molecule has 1 amide bonds. The van der Waals surface area contributed by atoms with Gasteiger partial charge in [0.25, 0.3) is 5.91 Å². The van der Waals surface area contributed by atoms with E-state index in [0.29, 0.717) is 17.9 Å². The van der Waals surface area contributed by atoms with Gasteiger partial charge >= 0.3 is 0 Å². The molecular weight excluding hydrogens is 302 g/mol. The summed E-state index contributed by atoms with van der Waals surface area (Å²) in [4.78, 5) is 24.6. The summed E-state index contributed by atoms with van der Waals surface area (Å²) < 4.78 is 5.08. The Morgan fingerprint density at radius 1 is 1.04 bits per heavy atom. The number of ether oxygens (including phenoxy) is 1. The lowest BCUT2D eigenvalue weighted by Crippen LogP contribution is -2.51. The van der Waals surface area contributed by atoms with Crippen molar-refractivity contribution in [1.29, 1.82) is 0 Å². The second-order valence-electron chi connectivity index (χ2n) is 8.16. The van der Waals surface area contributed by atoms with Gasteiger partial charge in [0.05, 0.1) is 7.11 Å². The summed E-state index contributed by atoms with van der Waals surface area (Å²) in [5.74, 6) is 2.31. The largest absolute Gasteiger partial charge is 0.497 e. The Morgan fingerprint density at radius 3 is 2.08 bits per heavy atom. The van der Waals surface area contributed by atoms with Gasteiger partial charge in [-0.2, -0.15) is 0 Å². The van der Waals surface area contributed by atoms with Crippen molar-refractivity contribution < 1.29 is 14.3 Å². The molecule has 128 valence electrons. The van der Waals surface area contributed by atoms with Crippen molar-refractivity contribution in [2.75, 3.05) is 13.7 Å². The van der Waals surface area contributed by atoms with E-state index in [2.05, 4.69) is 5.32 Å². The second-order valence-corrected chi connectivity index (χ2v) is 8.16. The van der Waals surface area contributed by atoms with Crippen molar-refractivity contribution >= 4 is 11.7 Å². The summed E-state index contributed by atoms with van der Waals surface area (Å²) >= 11 is 0. The van der Waals surface area contributed by atoms with E-state index >= 15 is 0 Å².